The van der Waals surface area contributed by atoms with E-state index in [1.807, 2.05) is 52.0 Å². The fourth-order valence-corrected chi connectivity index (χ4v) is 3.53. The number of carbonyl (C=O) groups excluding carboxylic acids is 1. The predicted molar refractivity (Wildman–Crippen MR) is 120 cm³/mol. The van der Waals surface area contributed by atoms with Crippen molar-refractivity contribution in [3.05, 3.63) is 81.0 Å². The molecule has 0 bridgehead atoms. The Morgan fingerprint density at radius 3 is 2.47 bits per heavy atom. The molecule has 0 saturated carbocycles. The van der Waals surface area contributed by atoms with E-state index >= 15 is 0 Å². The highest BCUT2D eigenvalue weighted by Gasteiger charge is 2.12. The van der Waals surface area contributed by atoms with E-state index in [0.29, 0.717) is 33.4 Å². The van der Waals surface area contributed by atoms with Gasteiger partial charge in [0.25, 0.3) is 5.91 Å². The van der Waals surface area contributed by atoms with Crippen LogP contribution in [0.15, 0.2) is 57.7 Å². The van der Waals surface area contributed by atoms with Crippen molar-refractivity contribution in [2.24, 2.45) is 0 Å². The Kier molecular flexibility index (Phi) is 5.04. The summed E-state index contributed by atoms with van der Waals surface area (Å²) in [4.78, 5) is 25.2. The van der Waals surface area contributed by atoms with Gasteiger partial charge < -0.3 is 14.5 Å². The van der Waals surface area contributed by atoms with E-state index in [-0.39, 0.29) is 17.9 Å². The van der Waals surface area contributed by atoms with Crippen LogP contribution in [0.4, 0.5) is 5.69 Å². The second-order valence-electron chi connectivity index (χ2n) is 7.63. The van der Waals surface area contributed by atoms with Crippen molar-refractivity contribution in [2.45, 2.75) is 27.7 Å². The lowest BCUT2D eigenvalue weighted by Crippen LogP contribution is -2.20. The topological polar surface area (TPSA) is 68.5 Å². The molecule has 0 aliphatic rings. The molecule has 1 N–H and O–H groups in total. The quantitative estimate of drug-likeness (QED) is 0.478. The van der Waals surface area contributed by atoms with Gasteiger partial charge in [0.05, 0.1) is 10.8 Å². The molecule has 0 aliphatic carbocycles. The standard InChI is InChI=1S/C25H23NO4/c1-14-5-10-21(16(3)11-14)29-13-23(27)26-18-7-9-19-22(12-18)30-25-17(4)15(2)6-8-20(25)24(19)28/h5-12H,13H2,1-4H3,(H,26,27). The van der Waals surface area contributed by atoms with Gasteiger partial charge in [0.1, 0.15) is 16.9 Å². The number of amides is 1. The summed E-state index contributed by atoms with van der Waals surface area (Å²) in [5, 5.41) is 3.84. The molecule has 1 amide bonds. The smallest absolute Gasteiger partial charge is 0.262 e. The molecular formula is C25H23NO4. The highest BCUT2D eigenvalue weighted by molar-refractivity contribution is 5.96. The molecule has 0 atom stereocenters. The van der Waals surface area contributed by atoms with Crippen LogP contribution in [-0.4, -0.2) is 12.5 Å². The Labute approximate surface area is 174 Å². The summed E-state index contributed by atoms with van der Waals surface area (Å²) in [5.74, 6) is 0.391. The summed E-state index contributed by atoms with van der Waals surface area (Å²) in [5.41, 5.74) is 5.59. The molecule has 0 radical (unpaired) electrons. The van der Waals surface area contributed by atoms with Gasteiger partial charge in [-0.2, -0.15) is 0 Å². The highest BCUT2D eigenvalue weighted by atomic mass is 16.5. The fourth-order valence-electron chi connectivity index (χ4n) is 3.53. The molecule has 152 valence electrons. The maximum Gasteiger partial charge on any atom is 0.262 e. The molecule has 0 unspecified atom stereocenters. The zero-order chi connectivity index (χ0) is 21.4. The number of rotatable bonds is 4. The number of nitrogens with one attached hydrogen (secondary N) is 1. The maximum absolute atomic E-state index is 12.8. The second-order valence-corrected chi connectivity index (χ2v) is 7.63. The third-order valence-electron chi connectivity index (χ3n) is 5.33. The summed E-state index contributed by atoms with van der Waals surface area (Å²) in [6.45, 7) is 7.75. The van der Waals surface area contributed by atoms with Crippen LogP contribution in [0, 0.1) is 27.7 Å². The van der Waals surface area contributed by atoms with E-state index in [9.17, 15) is 9.59 Å². The van der Waals surface area contributed by atoms with Crippen molar-refractivity contribution >= 4 is 33.5 Å². The molecule has 5 nitrogen and oxygen atoms in total. The predicted octanol–water partition coefficient (Wildman–Crippen LogP) is 5.20. The number of carbonyl (C=O) groups is 1. The summed E-state index contributed by atoms with van der Waals surface area (Å²) in [6.07, 6.45) is 0. The minimum absolute atomic E-state index is 0.0783. The largest absolute Gasteiger partial charge is 0.483 e. The highest BCUT2D eigenvalue weighted by Crippen LogP contribution is 2.25. The molecule has 5 heteroatoms. The summed E-state index contributed by atoms with van der Waals surface area (Å²) >= 11 is 0. The molecular weight excluding hydrogens is 378 g/mol. The van der Waals surface area contributed by atoms with Gasteiger partial charge in [-0.15, -0.1) is 0 Å². The van der Waals surface area contributed by atoms with Gasteiger partial charge in [0, 0.05) is 11.8 Å². The van der Waals surface area contributed by atoms with Crippen molar-refractivity contribution < 1.29 is 13.9 Å². The van der Waals surface area contributed by atoms with Gasteiger partial charge >= 0.3 is 0 Å². The number of benzene rings is 3. The average molecular weight is 401 g/mol. The molecule has 0 spiro atoms. The average Bonchev–Trinajstić information content (AvgIpc) is 2.70. The molecule has 0 fully saturated rings. The minimum Gasteiger partial charge on any atom is -0.483 e. The van der Waals surface area contributed by atoms with E-state index in [1.54, 1.807) is 24.3 Å². The Morgan fingerprint density at radius 1 is 0.933 bits per heavy atom. The van der Waals surface area contributed by atoms with Crippen LogP contribution >= 0.6 is 0 Å². The van der Waals surface area contributed by atoms with Crippen LogP contribution in [0.3, 0.4) is 0 Å². The Morgan fingerprint density at radius 2 is 1.70 bits per heavy atom. The van der Waals surface area contributed by atoms with Crippen LogP contribution in [0.2, 0.25) is 0 Å². The zero-order valence-corrected chi connectivity index (χ0v) is 17.5. The van der Waals surface area contributed by atoms with E-state index in [4.69, 9.17) is 9.15 Å². The van der Waals surface area contributed by atoms with E-state index in [2.05, 4.69) is 5.32 Å². The third kappa shape index (κ3) is 3.66. The van der Waals surface area contributed by atoms with Crippen LogP contribution in [0.1, 0.15) is 22.3 Å². The van der Waals surface area contributed by atoms with E-state index in [1.165, 1.54) is 0 Å². The number of anilines is 1. The number of fused-ring (bicyclic) bond motifs is 2. The molecule has 30 heavy (non-hydrogen) atoms. The summed E-state index contributed by atoms with van der Waals surface area (Å²) < 4.78 is 11.7. The van der Waals surface area contributed by atoms with Gasteiger partial charge in [0.15, 0.2) is 6.61 Å². The Hall–Kier alpha value is -3.60. The lowest BCUT2D eigenvalue weighted by atomic mass is 10.0. The number of aryl methyl sites for hydroxylation is 4. The second kappa shape index (κ2) is 7.67. The van der Waals surface area contributed by atoms with Gasteiger partial charge in [0.2, 0.25) is 5.43 Å². The summed E-state index contributed by atoms with van der Waals surface area (Å²) in [7, 11) is 0. The first kappa shape index (κ1) is 19.7. The van der Waals surface area contributed by atoms with Crippen molar-refractivity contribution in [2.75, 3.05) is 11.9 Å². The zero-order valence-electron chi connectivity index (χ0n) is 17.5. The van der Waals surface area contributed by atoms with Crippen LogP contribution in [0.25, 0.3) is 21.9 Å². The van der Waals surface area contributed by atoms with Gasteiger partial charge in [-0.1, -0.05) is 23.8 Å². The molecule has 4 aromatic rings. The monoisotopic (exact) mass is 401 g/mol. The first-order valence-corrected chi connectivity index (χ1v) is 9.80. The van der Waals surface area contributed by atoms with Crippen molar-refractivity contribution in [3.63, 3.8) is 0 Å². The van der Waals surface area contributed by atoms with E-state index < -0.39 is 0 Å². The Bertz CT molecular complexity index is 1350. The van der Waals surface area contributed by atoms with Gasteiger partial charge in [-0.05, 0) is 68.7 Å². The van der Waals surface area contributed by atoms with Crippen LogP contribution < -0.4 is 15.5 Å². The molecule has 0 aliphatic heterocycles. The van der Waals surface area contributed by atoms with Crippen LogP contribution in [0.5, 0.6) is 5.75 Å². The molecule has 0 saturated heterocycles. The lowest BCUT2D eigenvalue weighted by molar-refractivity contribution is -0.118. The first-order chi connectivity index (χ1) is 14.3. The maximum atomic E-state index is 12.8. The SMILES string of the molecule is Cc1ccc(OCC(=O)Nc2ccc3c(=O)c4ccc(C)c(C)c4oc3c2)c(C)c1. The minimum atomic E-state index is -0.288. The van der Waals surface area contributed by atoms with E-state index in [0.717, 1.165) is 22.3 Å². The molecule has 1 heterocycles. The molecule has 1 aromatic heterocycles. The molecule has 3 aromatic carbocycles. The number of ether oxygens (including phenoxy) is 1. The van der Waals surface area contributed by atoms with Crippen molar-refractivity contribution in [3.8, 4) is 5.75 Å². The van der Waals surface area contributed by atoms with Crippen molar-refractivity contribution in [1.82, 2.24) is 0 Å². The fraction of sp³-hybridized carbons (Fsp3) is 0.200. The third-order valence-corrected chi connectivity index (χ3v) is 5.33. The number of hydrogen-bond donors (Lipinski definition) is 1. The normalized spacial score (nSPS) is 11.1. The van der Waals surface area contributed by atoms with Crippen molar-refractivity contribution in [1.29, 1.82) is 0 Å². The Balaban J connectivity index is 1.58. The first-order valence-electron chi connectivity index (χ1n) is 9.80. The van der Waals surface area contributed by atoms with Gasteiger partial charge in [-0.3, -0.25) is 9.59 Å². The lowest BCUT2D eigenvalue weighted by Gasteiger charge is -2.11. The van der Waals surface area contributed by atoms with Crippen LogP contribution in [-0.2, 0) is 4.79 Å². The summed E-state index contributed by atoms with van der Waals surface area (Å²) in [6, 6.07) is 14.6. The van der Waals surface area contributed by atoms with Gasteiger partial charge in [-0.25, -0.2) is 0 Å². The molecule has 4 rings (SSSR count). The number of hydrogen-bond acceptors (Lipinski definition) is 4.